The fourth-order valence-corrected chi connectivity index (χ4v) is 4.52. The fourth-order valence-electron chi connectivity index (χ4n) is 4.52. The summed E-state index contributed by atoms with van der Waals surface area (Å²) in [7, 11) is 0. The number of amides is 3. The van der Waals surface area contributed by atoms with E-state index in [0.717, 1.165) is 12.5 Å². The molecule has 168 valence electrons. The number of hydrogen-bond acceptors (Lipinski definition) is 4. The van der Waals surface area contributed by atoms with E-state index >= 15 is 0 Å². The maximum Gasteiger partial charge on any atom is 0.417 e. The smallest absolute Gasteiger partial charge is 0.371 e. The molecule has 3 rings (SSSR count). The number of carbonyl (C=O) groups is 2. The molecule has 0 aromatic heterocycles. The maximum atomic E-state index is 13.3. The van der Waals surface area contributed by atoms with Gasteiger partial charge in [0.2, 0.25) is 5.91 Å². The highest BCUT2D eigenvalue weighted by molar-refractivity contribution is 5.86. The molecule has 2 heterocycles. The molecular weight excluding hydrogens is 411 g/mol. The Balaban J connectivity index is 1.74. The van der Waals surface area contributed by atoms with Gasteiger partial charge in [-0.3, -0.25) is 4.79 Å². The van der Waals surface area contributed by atoms with Gasteiger partial charge >= 0.3 is 12.2 Å². The number of rotatable bonds is 4. The maximum absolute atomic E-state index is 13.3. The molecule has 31 heavy (non-hydrogen) atoms. The topological polar surface area (TPSA) is 102 Å². The Hall–Kier alpha value is -2.96. The lowest BCUT2D eigenvalue weighted by Gasteiger charge is -2.40. The number of hydrogen-bond donors (Lipinski definition) is 2. The summed E-state index contributed by atoms with van der Waals surface area (Å²) in [6.07, 6.45) is -2.14. The van der Waals surface area contributed by atoms with Crippen LogP contribution < -0.4 is 16.0 Å². The van der Waals surface area contributed by atoms with E-state index in [2.05, 4.69) is 5.32 Å². The number of benzene rings is 1. The average Bonchev–Trinajstić information content (AvgIpc) is 3.11. The van der Waals surface area contributed by atoms with Crippen molar-refractivity contribution < 1.29 is 22.8 Å². The van der Waals surface area contributed by atoms with Gasteiger partial charge in [-0.25, -0.2) is 4.79 Å². The highest BCUT2D eigenvalue weighted by atomic mass is 19.4. The number of likely N-dealkylation sites (tertiary alicyclic amines) is 1. The molecule has 2 aliphatic heterocycles. The SMILES string of the molecule is CCCNC(=O)N1CC2(CCN(c3ccc(C#N)c(C(F)(F)F)c3)CC2)CC1C(N)=O. The molecule has 3 amide bonds. The van der Waals surface area contributed by atoms with Gasteiger partial charge in [0, 0.05) is 31.9 Å². The van der Waals surface area contributed by atoms with E-state index < -0.39 is 29.3 Å². The molecule has 0 radical (unpaired) electrons. The van der Waals surface area contributed by atoms with Crippen LogP contribution in [0.1, 0.15) is 43.7 Å². The average molecular weight is 437 g/mol. The van der Waals surface area contributed by atoms with Crippen molar-refractivity contribution in [1.82, 2.24) is 10.2 Å². The van der Waals surface area contributed by atoms with E-state index in [-0.39, 0.29) is 11.4 Å². The number of nitrogens with one attached hydrogen (secondary N) is 1. The van der Waals surface area contributed by atoms with Crippen molar-refractivity contribution in [3.05, 3.63) is 29.3 Å². The van der Waals surface area contributed by atoms with Crippen molar-refractivity contribution in [2.45, 2.75) is 44.8 Å². The van der Waals surface area contributed by atoms with Gasteiger partial charge in [0.05, 0.1) is 17.2 Å². The molecule has 2 aliphatic rings. The number of nitrogens with zero attached hydrogens (tertiary/aromatic N) is 3. The first kappa shape index (κ1) is 22.7. The number of halogens is 3. The number of piperidine rings is 1. The molecule has 0 saturated carbocycles. The summed E-state index contributed by atoms with van der Waals surface area (Å²) in [5.74, 6) is -0.548. The van der Waals surface area contributed by atoms with E-state index in [1.165, 1.54) is 17.0 Å². The molecule has 7 nitrogen and oxygen atoms in total. The van der Waals surface area contributed by atoms with Crippen molar-refractivity contribution in [3.63, 3.8) is 0 Å². The molecule has 3 N–H and O–H groups in total. The predicted octanol–water partition coefficient (Wildman–Crippen LogP) is 2.84. The molecule has 1 atom stereocenters. The number of alkyl halides is 3. The molecule has 1 unspecified atom stereocenters. The molecule has 2 saturated heterocycles. The van der Waals surface area contributed by atoms with E-state index in [1.807, 2.05) is 11.8 Å². The molecular formula is C21H26F3N5O2. The second-order valence-electron chi connectivity index (χ2n) is 8.31. The normalized spacial score (nSPS) is 20.5. The Labute approximate surface area is 179 Å². The quantitative estimate of drug-likeness (QED) is 0.756. The Morgan fingerprint density at radius 2 is 2.00 bits per heavy atom. The van der Waals surface area contributed by atoms with Crippen LogP contribution in [0.3, 0.4) is 0 Å². The zero-order valence-corrected chi connectivity index (χ0v) is 17.3. The third kappa shape index (κ3) is 4.70. The van der Waals surface area contributed by atoms with E-state index in [4.69, 9.17) is 11.0 Å². The molecule has 0 aliphatic carbocycles. The molecule has 1 spiro atoms. The summed E-state index contributed by atoms with van der Waals surface area (Å²) in [5, 5.41) is 11.8. The Morgan fingerprint density at radius 1 is 1.32 bits per heavy atom. The summed E-state index contributed by atoms with van der Waals surface area (Å²) >= 11 is 0. The van der Waals surface area contributed by atoms with Crippen LogP contribution in [0, 0.1) is 16.7 Å². The minimum Gasteiger partial charge on any atom is -0.371 e. The molecule has 0 bridgehead atoms. The Bertz CT molecular complexity index is 888. The largest absolute Gasteiger partial charge is 0.417 e. The molecule has 2 fully saturated rings. The first-order chi connectivity index (χ1) is 14.6. The molecule has 1 aromatic rings. The van der Waals surface area contributed by atoms with Crippen LogP contribution in [0.4, 0.5) is 23.7 Å². The number of carbonyl (C=O) groups excluding carboxylic acids is 2. The summed E-state index contributed by atoms with van der Waals surface area (Å²) < 4.78 is 39.9. The van der Waals surface area contributed by atoms with Gasteiger partial charge in [0.25, 0.3) is 0 Å². The van der Waals surface area contributed by atoms with Crippen LogP contribution >= 0.6 is 0 Å². The van der Waals surface area contributed by atoms with Crippen LogP contribution in [-0.2, 0) is 11.0 Å². The zero-order valence-electron chi connectivity index (χ0n) is 17.3. The van der Waals surface area contributed by atoms with Crippen molar-refractivity contribution in [2.24, 2.45) is 11.1 Å². The molecule has 1 aromatic carbocycles. The first-order valence-electron chi connectivity index (χ1n) is 10.3. The molecule has 10 heteroatoms. The number of primary amides is 1. The summed E-state index contributed by atoms with van der Waals surface area (Å²) in [5.41, 5.74) is 4.31. The Kier molecular flexibility index (Phi) is 6.34. The van der Waals surface area contributed by atoms with Crippen LogP contribution in [0.2, 0.25) is 0 Å². The fraction of sp³-hybridized carbons (Fsp3) is 0.571. The number of nitriles is 1. The zero-order chi connectivity index (χ0) is 22.8. The standard InChI is InChI=1S/C21H26F3N5O2/c1-2-7-27-19(31)29-13-20(11-17(29)18(26)30)5-8-28(9-6-20)15-4-3-14(12-25)16(10-15)21(22,23)24/h3-4,10,17H,2,5-9,11,13H2,1H3,(H2,26,30)(H,27,31). The highest BCUT2D eigenvalue weighted by Crippen LogP contribution is 2.44. The lowest BCUT2D eigenvalue weighted by Crippen LogP contribution is -2.48. The third-order valence-electron chi connectivity index (χ3n) is 6.24. The number of nitrogens with two attached hydrogens (primary N) is 1. The van der Waals surface area contributed by atoms with Crippen LogP contribution in [0.15, 0.2) is 18.2 Å². The van der Waals surface area contributed by atoms with Crippen molar-refractivity contribution >= 4 is 17.6 Å². The highest BCUT2D eigenvalue weighted by Gasteiger charge is 2.49. The van der Waals surface area contributed by atoms with Gasteiger partial charge in [0.1, 0.15) is 6.04 Å². The van der Waals surface area contributed by atoms with Gasteiger partial charge in [-0.15, -0.1) is 0 Å². The monoisotopic (exact) mass is 437 g/mol. The minimum atomic E-state index is -4.61. The summed E-state index contributed by atoms with van der Waals surface area (Å²) in [6.45, 7) is 3.80. The van der Waals surface area contributed by atoms with Gasteiger partial charge in [-0.2, -0.15) is 18.4 Å². The lowest BCUT2D eigenvalue weighted by atomic mass is 9.76. The second-order valence-corrected chi connectivity index (χ2v) is 8.31. The van der Waals surface area contributed by atoms with E-state index in [0.29, 0.717) is 51.1 Å². The van der Waals surface area contributed by atoms with Gasteiger partial charge in [-0.05, 0) is 49.3 Å². The third-order valence-corrected chi connectivity index (χ3v) is 6.24. The second kappa shape index (κ2) is 8.65. The van der Waals surface area contributed by atoms with Crippen molar-refractivity contribution in [2.75, 3.05) is 31.1 Å². The van der Waals surface area contributed by atoms with Crippen molar-refractivity contribution in [1.29, 1.82) is 5.26 Å². The number of anilines is 1. The van der Waals surface area contributed by atoms with Gasteiger partial charge in [0.15, 0.2) is 0 Å². The van der Waals surface area contributed by atoms with E-state index in [1.54, 1.807) is 6.07 Å². The predicted molar refractivity (Wildman–Crippen MR) is 108 cm³/mol. The van der Waals surface area contributed by atoms with Crippen LogP contribution in [0.5, 0.6) is 0 Å². The lowest BCUT2D eigenvalue weighted by molar-refractivity contribution is -0.137. The Morgan fingerprint density at radius 3 is 2.55 bits per heavy atom. The van der Waals surface area contributed by atoms with Gasteiger partial charge < -0.3 is 20.9 Å². The summed E-state index contributed by atoms with van der Waals surface area (Å²) in [4.78, 5) is 27.8. The number of urea groups is 1. The summed E-state index contributed by atoms with van der Waals surface area (Å²) in [6, 6.07) is 4.33. The minimum absolute atomic E-state index is 0.292. The van der Waals surface area contributed by atoms with Crippen LogP contribution in [-0.4, -0.2) is 49.1 Å². The van der Waals surface area contributed by atoms with E-state index in [9.17, 15) is 22.8 Å². The first-order valence-corrected chi connectivity index (χ1v) is 10.3. The van der Waals surface area contributed by atoms with Gasteiger partial charge in [-0.1, -0.05) is 6.92 Å². The van der Waals surface area contributed by atoms with Crippen molar-refractivity contribution in [3.8, 4) is 6.07 Å². The van der Waals surface area contributed by atoms with Crippen LogP contribution in [0.25, 0.3) is 0 Å².